The smallest absolute Gasteiger partial charge is 0.278 e. The van der Waals surface area contributed by atoms with Gasteiger partial charge in [-0.05, 0) is 53.9 Å². The molecule has 1 heterocycles. The molecule has 3 aromatic carbocycles. The molecule has 0 aliphatic carbocycles. The first kappa shape index (κ1) is 19.5. The van der Waals surface area contributed by atoms with Crippen LogP contribution in [0.2, 0.25) is 0 Å². The largest absolute Gasteiger partial charge is 0.350 e. The monoisotopic (exact) mass is 404 g/mol. The zero-order valence-corrected chi connectivity index (χ0v) is 16.2. The lowest BCUT2D eigenvalue weighted by molar-refractivity contribution is -0.137. The maximum atomic E-state index is 13.4. The molecule has 1 aliphatic rings. The maximum absolute atomic E-state index is 13.4. The van der Waals surface area contributed by atoms with E-state index in [1.165, 1.54) is 48.5 Å². The number of aryl methyl sites for hydroxylation is 1. The first-order chi connectivity index (χ1) is 14.4. The average Bonchev–Trinajstić information content (AvgIpc) is 2.96. The zero-order valence-electron chi connectivity index (χ0n) is 16.2. The molecule has 0 saturated heterocycles. The van der Waals surface area contributed by atoms with E-state index in [9.17, 15) is 18.4 Å². The first-order valence-corrected chi connectivity index (χ1v) is 9.37. The third kappa shape index (κ3) is 3.72. The second-order valence-electron chi connectivity index (χ2n) is 7.02. The van der Waals surface area contributed by atoms with Crippen LogP contribution < -0.4 is 5.32 Å². The van der Waals surface area contributed by atoms with Crippen LogP contribution in [0.15, 0.2) is 78.5 Å². The van der Waals surface area contributed by atoms with E-state index < -0.39 is 23.4 Å². The Labute approximate surface area is 172 Å². The number of hydrogen-bond donors (Lipinski definition) is 1. The molecule has 0 atom stereocenters. The first-order valence-electron chi connectivity index (χ1n) is 9.37. The highest BCUT2D eigenvalue weighted by molar-refractivity contribution is 6.36. The number of carbonyl (C=O) groups is 2. The summed E-state index contributed by atoms with van der Waals surface area (Å²) in [7, 11) is 0. The van der Waals surface area contributed by atoms with Gasteiger partial charge in [0.05, 0.1) is 12.1 Å². The lowest BCUT2D eigenvalue weighted by Gasteiger charge is -2.16. The van der Waals surface area contributed by atoms with E-state index in [-0.39, 0.29) is 17.8 Å². The van der Waals surface area contributed by atoms with Gasteiger partial charge in [0.15, 0.2) is 0 Å². The molecular weight excluding hydrogens is 386 g/mol. The van der Waals surface area contributed by atoms with Crippen LogP contribution in [0.4, 0.5) is 14.5 Å². The Kier molecular flexibility index (Phi) is 5.14. The van der Waals surface area contributed by atoms with E-state index in [1.54, 1.807) is 0 Å². The molecule has 30 heavy (non-hydrogen) atoms. The highest BCUT2D eigenvalue weighted by Gasteiger charge is 2.39. The summed E-state index contributed by atoms with van der Waals surface area (Å²) >= 11 is 0. The molecule has 4 rings (SSSR count). The third-order valence-electron chi connectivity index (χ3n) is 4.96. The van der Waals surface area contributed by atoms with Crippen molar-refractivity contribution in [1.82, 2.24) is 4.90 Å². The highest BCUT2D eigenvalue weighted by Crippen LogP contribution is 2.32. The summed E-state index contributed by atoms with van der Waals surface area (Å²) < 4.78 is 26.6. The van der Waals surface area contributed by atoms with Crippen LogP contribution in [0, 0.1) is 18.6 Å². The summed E-state index contributed by atoms with van der Waals surface area (Å²) in [5, 5.41) is 3.09. The molecule has 3 aromatic rings. The van der Waals surface area contributed by atoms with E-state index >= 15 is 0 Å². The molecule has 4 nitrogen and oxygen atoms in total. The number of amides is 2. The standard InChI is InChI=1S/C24H18F2N2O2/c1-15-4-2-3-5-20(15)27-22-21(17-8-12-19(26)13-9-17)23(29)28(24(22)30)14-16-6-10-18(25)11-7-16/h2-13,27H,14H2,1H3. The van der Waals surface area contributed by atoms with Gasteiger partial charge in [-0.3, -0.25) is 14.5 Å². The fourth-order valence-corrected chi connectivity index (χ4v) is 3.34. The van der Waals surface area contributed by atoms with Gasteiger partial charge in [-0.1, -0.05) is 42.5 Å². The summed E-state index contributed by atoms with van der Waals surface area (Å²) in [4.78, 5) is 27.5. The summed E-state index contributed by atoms with van der Waals surface area (Å²) in [6.45, 7) is 1.89. The lowest BCUT2D eigenvalue weighted by Crippen LogP contribution is -2.32. The topological polar surface area (TPSA) is 49.4 Å². The van der Waals surface area contributed by atoms with Gasteiger partial charge >= 0.3 is 0 Å². The Hall–Kier alpha value is -3.80. The number of para-hydroxylation sites is 1. The number of benzene rings is 3. The van der Waals surface area contributed by atoms with Crippen LogP contribution >= 0.6 is 0 Å². The SMILES string of the molecule is Cc1ccccc1NC1=C(c2ccc(F)cc2)C(=O)N(Cc2ccc(F)cc2)C1=O. The molecule has 150 valence electrons. The fourth-order valence-electron chi connectivity index (χ4n) is 3.34. The fraction of sp³-hybridized carbons (Fsp3) is 0.0833. The van der Waals surface area contributed by atoms with Crippen LogP contribution in [0.3, 0.4) is 0 Å². The van der Waals surface area contributed by atoms with Crippen molar-refractivity contribution in [3.63, 3.8) is 0 Å². The van der Waals surface area contributed by atoms with E-state index in [1.807, 2.05) is 31.2 Å². The Morgan fingerprint density at radius 3 is 2.03 bits per heavy atom. The molecule has 2 amide bonds. The minimum absolute atomic E-state index is 0.00158. The summed E-state index contributed by atoms with van der Waals surface area (Å²) in [6, 6.07) is 18.4. The summed E-state index contributed by atoms with van der Waals surface area (Å²) in [6.07, 6.45) is 0. The molecule has 0 aromatic heterocycles. The Morgan fingerprint density at radius 1 is 0.800 bits per heavy atom. The quantitative estimate of drug-likeness (QED) is 0.629. The zero-order chi connectivity index (χ0) is 21.3. The number of halogens is 2. The highest BCUT2D eigenvalue weighted by atomic mass is 19.1. The van der Waals surface area contributed by atoms with Crippen LogP contribution in [0.1, 0.15) is 16.7 Å². The average molecular weight is 404 g/mol. The van der Waals surface area contributed by atoms with Crippen molar-refractivity contribution in [2.75, 3.05) is 5.32 Å². The third-order valence-corrected chi connectivity index (χ3v) is 4.96. The number of anilines is 1. The van der Waals surface area contributed by atoms with Gasteiger partial charge in [-0.2, -0.15) is 0 Å². The van der Waals surface area contributed by atoms with Crippen molar-refractivity contribution in [2.45, 2.75) is 13.5 Å². The molecule has 1 N–H and O–H groups in total. The van der Waals surface area contributed by atoms with Crippen molar-refractivity contribution in [1.29, 1.82) is 0 Å². The minimum Gasteiger partial charge on any atom is -0.350 e. The van der Waals surface area contributed by atoms with Crippen molar-refractivity contribution < 1.29 is 18.4 Å². The van der Waals surface area contributed by atoms with Crippen molar-refractivity contribution >= 4 is 23.1 Å². The minimum atomic E-state index is -0.494. The number of nitrogens with zero attached hydrogens (tertiary/aromatic N) is 1. The molecule has 0 radical (unpaired) electrons. The van der Waals surface area contributed by atoms with Crippen molar-refractivity contribution in [3.8, 4) is 0 Å². The van der Waals surface area contributed by atoms with Gasteiger partial charge in [-0.25, -0.2) is 8.78 Å². The number of carbonyl (C=O) groups excluding carboxylic acids is 2. The Morgan fingerprint density at radius 2 is 1.40 bits per heavy atom. The molecule has 0 unspecified atom stereocenters. The van der Waals surface area contributed by atoms with E-state index in [0.29, 0.717) is 16.8 Å². The summed E-state index contributed by atoms with van der Waals surface area (Å²) in [5.41, 5.74) is 2.95. The molecule has 6 heteroatoms. The van der Waals surface area contributed by atoms with Crippen LogP contribution in [0.25, 0.3) is 5.57 Å². The Bertz CT molecular complexity index is 1150. The van der Waals surface area contributed by atoms with Gasteiger partial charge in [0, 0.05) is 5.69 Å². The van der Waals surface area contributed by atoms with Crippen molar-refractivity contribution in [3.05, 3.63) is 107 Å². The second-order valence-corrected chi connectivity index (χ2v) is 7.02. The van der Waals surface area contributed by atoms with Crippen LogP contribution in [0.5, 0.6) is 0 Å². The molecule has 0 saturated carbocycles. The van der Waals surface area contributed by atoms with Crippen LogP contribution in [-0.4, -0.2) is 16.7 Å². The van der Waals surface area contributed by atoms with E-state index in [4.69, 9.17) is 0 Å². The van der Waals surface area contributed by atoms with Gasteiger partial charge in [-0.15, -0.1) is 0 Å². The lowest BCUT2D eigenvalue weighted by atomic mass is 10.0. The molecular formula is C24H18F2N2O2. The molecule has 0 spiro atoms. The van der Waals surface area contributed by atoms with Crippen LogP contribution in [-0.2, 0) is 16.1 Å². The summed E-state index contributed by atoms with van der Waals surface area (Å²) in [5.74, 6) is -1.82. The van der Waals surface area contributed by atoms with Crippen molar-refractivity contribution in [2.24, 2.45) is 0 Å². The predicted molar refractivity (Wildman–Crippen MR) is 110 cm³/mol. The van der Waals surface area contributed by atoms with Gasteiger partial charge in [0.1, 0.15) is 17.3 Å². The predicted octanol–water partition coefficient (Wildman–Crippen LogP) is 4.67. The number of rotatable bonds is 5. The number of hydrogen-bond acceptors (Lipinski definition) is 3. The Balaban J connectivity index is 1.74. The number of nitrogens with one attached hydrogen (secondary N) is 1. The van der Waals surface area contributed by atoms with E-state index in [2.05, 4.69) is 5.32 Å². The molecule has 1 aliphatic heterocycles. The normalized spacial score (nSPS) is 13.9. The maximum Gasteiger partial charge on any atom is 0.278 e. The molecule has 0 fully saturated rings. The second kappa shape index (κ2) is 7.91. The van der Waals surface area contributed by atoms with Gasteiger partial charge < -0.3 is 5.32 Å². The van der Waals surface area contributed by atoms with Gasteiger partial charge in [0.25, 0.3) is 11.8 Å². The van der Waals surface area contributed by atoms with E-state index in [0.717, 1.165) is 10.5 Å². The van der Waals surface area contributed by atoms with Gasteiger partial charge in [0.2, 0.25) is 0 Å². The number of imide groups is 1. The molecule has 0 bridgehead atoms.